The SMILES string of the molecule is CCOC(C)OC1=CCC2NC(Cl)C=CC2=C1. The second-order valence-electron chi connectivity index (χ2n) is 4.11. The maximum Gasteiger partial charge on any atom is 0.196 e. The molecule has 1 heterocycles. The molecule has 0 saturated carbocycles. The molecular formula is C13H18ClNO2. The Bertz CT molecular complexity index is 362. The first kappa shape index (κ1) is 12.7. The molecule has 3 atom stereocenters. The third-order valence-corrected chi connectivity index (χ3v) is 3.06. The van der Waals surface area contributed by atoms with E-state index in [9.17, 15) is 0 Å². The van der Waals surface area contributed by atoms with Crippen molar-refractivity contribution in [2.45, 2.75) is 38.1 Å². The van der Waals surface area contributed by atoms with Crippen molar-refractivity contribution >= 4 is 11.6 Å². The lowest BCUT2D eigenvalue weighted by atomic mass is 9.95. The summed E-state index contributed by atoms with van der Waals surface area (Å²) in [6, 6.07) is 0.303. The minimum atomic E-state index is -0.207. The summed E-state index contributed by atoms with van der Waals surface area (Å²) in [5.41, 5.74) is 1.14. The van der Waals surface area contributed by atoms with Crippen molar-refractivity contribution in [2.24, 2.45) is 0 Å². The molecule has 0 saturated heterocycles. The first-order valence-corrected chi connectivity index (χ1v) is 6.41. The Kier molecular flexibility index (Phi) is 4.26. The van der Waals surface area contributed by atoms with E-state index in [1.807, 2.05) is 26.0 Å². The zero-order valence-electron chi connectivity index (χ0n) is 10.2. The smallest absolute Gasteiger partial charge is 0.196 e. The van der Waals surface area contributed by atoms with E-state index in [-0.39, 0.29) is 11.8 Å². The number of hydrogen-bond donors (Lipinski definition) is 1. The van der Waals surface area contributed by atoms with Gasteiger partial charge in [0.15, 0.2) is 6.29 Å². The molecule has 3 unspecified atom stereocenters. The number of nitrogens with one attached hydrogen (secondary N) is 1. The molecule has 1 aliphatic carbocycles. The van der Waals surface area contributed by atoms with Crippen LogP contribution in [0.2, 0.25) is 0 Å². The van der Waals surface area contributed by atoms with E-state index in [1.165, 1.54) is 5.57 Å². The quantitative estimate of drug-likeness (QED) is 0.476. The molecule has 2 rings (SSSR count). The molecule has 0 aromatic rings. The molecular weight excluding hydrogens is 238 g/mol. The fraction of sp³-hybridized carbons (Fsp3) is 0.538. The summed E-state index contributed by atoms with van der Waals surface area (Å²) in [5.74, 6) is 0.872. The van der Waals surface area contributed by atoms with Crippen LogP contribution in [0, 0.1) is 0 Å². The number of fused-ring (bicyclic) bond motifs is 1. The van der Waals surface area contributed by atoms with Gasteiger partial charge in [0.25, 0.3) is 0 Å². The third-order valence-electron chi connectivity index (χ3n) is 2.79. The Morgan fingerprint density at radius 1 is 1.59 bits per heavy atom. The van der Waals surface area contributed by atoms with E-state index in [2.05, 4.69) is 17.5 Å². The molecule has 0 radical (unpaired) electrons. The van der Waals surface area contributed by atoms with Gasteiger partial charge in [-0.15, -0.1) is 11.6 Å². The molecule has 0 aromatic heterocycles. The molecule has 0 bridgehead atoms. The molecule has 0 fully saturated rings. The number of ether oxygens (including phenoxy) is 2. The average Bonchev–Trinajstić information content (AvgIpc) is 2.29. The number of alkyl halides is 1. The van der Waals surface area contributed by atoms with Crippen LogP contribution in [0.3, 0.4) is 0 Å². The highest BCUT2D eigenvalue weighted by atomic mass is 35.5. The molecule has 0 spiro atoms. The van der Waals surface area contributed by atoms with Crippen molar-refractivity contribution in [3.8, 4) is 0 Å². The van der Waals surface area contributed by atoms with E-state index >= 15 is 0 Å². The topological polar surface area (TPSA) is 30.5 Å². The highest BCUT2D eigenvalue weighted by molar-refractivity contribution is 6.21. The molecule has 2 aliphatic rings. The van der Waals surface area contributed by atoms with Crippen LogP contribution in [0.5, 0.6) is 0 Å². The second kappa shape index (κ2) is 5.71. The lowest BCUT2D eigenvalue weighted by molar-refractivity contribution is -0.0961. The van der Waals surface area contributed by atoms with E-state index in [0.717, 1.165) is 12.2 Å². The molecule has 0 amide bonds. The normalized spacial score (nSPS) is 29.1. The fourth-order valence-electron chi connectivity index (χ4n) is 2.01. The van der Waals surface area contributed by atoms with Crippen LogP contribution < -0.4 is 5.32 Å². The van der Waals surface area contributed by atoms with Gasteiger partial charge < -0.3 is 9.47 Å². The van der Waals surface area contributed by atoms with Gasteiger partial charge in [-0.25, -0.2) is 0 Å². The van der Waals surface area contributed by atoms with Gasteiger partial charge in [0.2, 0.25) is 0 Å². The third kappa shape index (κ3) is 3.35. The fourth-order valence-corrected chi connectivity index (χ4v) is 2.23. The monoisotopic (exact) mass is 255 g/mol. The van der Waals surface area contributed by atoms with Gasteiger partial charge >= 0.3 is 0 Å². The van der Waals surface area contributed by atoms with Gasteiger partial charge in [0, 0.05) is 12.6 Å². The summed E-state index contributed by atoms with van der Waals surface area (Å²) in [6.45, 7) is 4.51. The first-order chi connectivity index (χ1) is 8.19. The van der Waals surface area contributed by atoms with Crippen LogP contribution in [-0.2, 0) is 9.47 Å². The van der Waals surface area contributed by atoms with Crippen LogP contribution in [-0.4, -0.2) is 24.4 Å². The predicted molar refractivity (Wildman–Crippen MR) is 68.7 cm³/mol. The summed E-state index contributed by atoms with van der Waals surface area (Å²) in [6.07, 6.45) is 8.79. The molecule has 17 heavy (non-hydrogen) atoms. The Morgan fingerprint density at radius 3 is 3.18 bits per heavy atom. The number of allylic oxidation sites excluding steroid dienone is 1. The summed E-state index contributed by atoms with van der Waals surface area (Å²) in [5, 5.41) is 3.30. The number of halogens is 1. The Labute approximate surface area is 107 Å². The van der Waals surface area contributed by atoms with Gasteiger partial charge in [0.1, 0.15) is 11.3 Å². The molecule has 4 heteroatoms. The number of rotatable bonds is 4. The Balaban J connectivity index is 1.99. The minimum Gasteiger partial charge on any atom is -0.466 e. The van der Waals surface area contributed by atoms with Crippen LogP contribution in [0.1, 0.15) is 20.3 Å². The van der Waals surface area contributed by atoms with Crippen LogP contribution in [0.4, 0.5) is 0 Å². The van der Waals surface area contributed by atoms with Crippen molar-refractivity contribution in [3.05, 3.63) is 35.6 Å². The number of hydrogen-bond acceptors (Lipinski definition) is 3. The van der Waals surface area contributed by atoms with Crippen molar-refractivity contribution in [2.75, 3.05) is 6.61 Å². The van der Waals surface area contributed by atoms with Crippen molar-refractivity contribution < 1.29 is 9.47 Å². The van der Waals surface area contributed by atoms with E-state index in [4.69, 9.17) is 21.1 Å². The van der Waals surface area contributed by atoms with Gasteiger partial charge in [-0.3, -0.25) is 5.32 Å². The molecule has 1 N–H and O–H groups in total. The summed E-state index contributed by atoms with van der Waals surface area (Å²) in [7, 11) is 0. The maximum absolute atomic E-state index is 6.00. The zero-order valence-corrected chi connectivity index (χ0v) is 10.9. The van der Waals surface area contributed by atoms with Gasteiger partial charge in [-0.2, -0.15) is 0 Å². The van der Waals surface area contributed by atoms with E-state index in [1.54, 1.807) is 0 Å². The van der Waals surface area contributed by atoms with Crippen LogP contribution in [0.25, 0.3) is 0 Å². The largest absolute Gasteiger partial charge is 0.466 e. The van der Waals surface area contributed by atoms with Crippen molar-refractivity contribution in [1.82, 2.24) is 5.32 Å². The maximum atomic E-state index is 6.00. The molecule has 3 nitrogen and oxygen atoms in total. The Morgan fingerprint density at radius 2 is 2.41 bits per heavy atom. The average molecular weight is 256 g/mol. The lowest BCUT2D eigenvalue weighted by Crippen LogP contribution is -2.38. The summed E-state index contributed by atoms with van der Waals surface area (Å²) in [4.78, 5) is 0. The van der Waals surface area contributed by atoms with Crippen LogP contribution >= 0.6 is 11.6 Å². The molecule has 94 valence electrons. The van der Waals surface area contributed by atoms with Gasteiger partial charge in [0.05, 0.1) is 0 Å². The molecule has 1 aliphatic heterocycles. The van der Waals surface area contributed by atoms with E-state index in [0.29, 0.717) is 12.6 Å². The van der Waals surface area contributed by atoms with Crippen molar-refractivity contribution in [1.29, 1.82) is 0 Å². The Hall–Kier alpha value is -0.770. The highest BCUT2D eigenvalue weighted by Gasteiger charge is 2.22. The van der Waals surface area contributed by atoms with Gasteiger partial charge in [-0.1, -0.05) is 12.2 Å². The second-order valence-corrected chi connectivity index (χ2v) is 4.58. The standard InChI is InChI=1S/C13H18ClNO2/c1-3-16-9(2)17-11-5-6-12-10(8-11)4-7-13(14)15-12/h4-5,7-9,12-13,15H,3,6H2,1-2H3. The highest BCUT2D eigenvalue weighted by Crippen LogP contribution is 2.24. The van der Waals surface area contributed by atoms with Gasteiger partial charge in [-0.05, 0) is 38.0 Å². The van der Waals surface area contributed by atoms with Crippen LogP contribution in [0.15, 0.2) is 35.6 Å². The zero-order chi connectivity index (χ0) is 12.3. The first-order valence-electron chi connectivity index (χ1n) is 5.97. The van der Waals surface area contributed by atoms with Crippen molar-refractivity contribution in [3.63, 3.8) is 0 Å². The predicted octanol–water partition coefficient (Wildman–Crippen LogP) is 2.69. The van der Waals surface area contributed by atoms with E-state index < -0.39 is 0 Å². The summed E-state index contributed by atoms with van der Waals surface area (Å²) < 4.78 is 11.0. The summed E-state index contributed by atoms with van der Waals surface area (Å²) >= 11 is 6.00. The lowest BCUT2D eigenvalue weighted by Gasteiger charge is -2.28. The minimum absolute atomic E-state index is 0.0737. The molecule has 0 aromatic carbocycles.